The van der Waals surface area contributed by atoms with E-state index >= 15 is 0 Å². The van der Waals surface area contributed by atoms with Crippen LogP contribution in [0.15, 0.2) is 18.2 Å². The van der Waals surface area contributed by atoms with Crippen LogP contribution in [0.5, 0.6) is 5.75 Å². The molecule has 60 valence electrons. The smallest absolute Gasteiger partial charge is 0.169 e. The van der Waals surface area contributed by atoms with Gasteiger partial charge in [0.15, 0.2) is 5.75 Å². The third kappa shape index (κ3) is 1.03. The molecule has 0 aliphatic carbocycles. The van der Waals surface area contributed by atoms with Gasteiger partial charge in [-0.3, -0.25) is 0 Å². The van der Waals surface area contributed by atoms with Crippen LogP contribution < -0.4 is 4.89 Å². The third-order valence-electron chi connectivity index (χ3n) is 1.84. The Morgan fingerprint density at radius 2 is 2.33 bits per heavy atom. The van der Waals surface area contributed by atoms with E-state index in [9.17, 15) is 0 Å². The van der Waals surface area contributed by atoms with Gasteiger partial charge in [0.25, 0.3) is 0 Å². The molecule has 1 aromatic rings. The van der Waals surface area contributed by atoms with Crippen molar-refractivity contribution in [3.05, 3.63) is 29.3 Å². The molecule has 0 amide bonds. The van der Waals surface area contributed by atoms with Crippen LogP contribution in [0.25, 0.3) is 0 Å². The van der Waals surface area contributed by atoms with Crippen molar-refractivity contribution in [3.63, 3.8) is 0 Å². The summed E-state index contributed by atoms with van der Waals surface area (Å²) >= 11 is 0. The molecule has 0 unspecified atom stereocenters. The van der Waals surface area contributed by atoms with Crippen LogP contribution in [-0.2, 0) is 11.3 Å². The maximum absolute atomic E-state index is 8.75. The van der Waals surface area contributed by atoms with Gasteiger partial charge in [0, 0.05) is 12.0 Å². The highest BCUT2D eigenvalue weighted by Gasteiger charge is 2.14. The Labute approximate surface area is 70.1 Å². The molecule has 3 nitrogen and oxygen atoms in total. The first-order chi connectivity index (χ1) is 5.92. The molecular formula is C9H7NO2. The Kier molecular flexibility index (Phi) is 1.69. The molecule has 0 bridgehead atoms. The summed E-state index contributed by atoms with van der Waals surface area (Å²) in [6, 6.07) is 7.49. The van der Waals surface area contributed by atoms with Gasteiger partial charge < -0.3 is 4.89 Å². The fraction of sp³-hybridized carbons (Fsp3) is 0.222. The lowest BCUT2D eigenvalue weighted by Gasteiger charge is -2.15. The second kappa shape index (κ2) is 2.84. The van der Waals surface area contributed by atoms with Crippen LogP contribution in [0.2, 0.25) is 0 Å². The number of rotatable bonds is 0. The molecule has 0 saturated carbocycles. The number of nitriles is 1. The van der Waals surface area contributed by atoms with E-state index in [4.69, 9.17) is 15.0 Å². The fourth-order valence-electron chi connectivity index (χ4n) is 1.26. The molecule has 0 aromatic heterocycles. The zero-order chi connectivity index (χ0) is 8.39. The first-order valence-electron chi connectivity index (χ1n) is 3.73. The average Bonchev–Trinajstić information content (AvgIpc) is 2.17. The average molecular weight is 161 g/mol. The summed E-state index contributed by atoms with van der Waals surface area (Å²) in [6.45, 7) is 0.520. The topological polar surface area (TPSA) is 42.2 Å². The van der Waals surface area contributed by atoms with Crippen molar-refractivity contribution >= 4 is 0 Å². The van der Waals surface area contributed by atoms with Crippen LogP contribution in [-0.4, -0.2) is 6.61 Å². The lowest BCUT2D eigenvalue weighted by molar-refractivity contribution is -0.215. The molecule has 2 rings (SSSR count). The zero-order valence-corrected chi connectivity index (χ0v) is 6.41. The van der Waals surface area contributed by atoms with Crippen LogP contribution in [0, 0.1) is 11.3 Å². The summed E-state index contributed by atoms with van der Waals surface area (Å²) in [6.07, 6.45) is 0.749. The molecule has 1 aliphatic heterocycles. The van der Waals surface area contributed by atoms with Crippen molar-refractivity contribution in [2.45, 2.75) is 6.42 Å². The molecule has 12 heavy (non-hydrogen) atoms. The summed E-state index contributed by atoms with van der Waals surface area (Å²) in [7, 11) is 0. The van der Waals surface area contributed by atoms with E-state index in [1.165, 1.54) is 0 Å². The van der Waals surface area contributed by atoms with Crippen molar-refractivity contribution in [2.75, 3.05) is 6.61 Å². The van der Waals surface area contributed by atoms with Gasteiger partial charge in [-0.05, 0) is 12.1 Å². The van der Waals surface area contributed by atoms with Crippen molar-refractivity contribution in [1.82, 2.24) is 0 Å². The first kappa shape index (κ1) is 7.14. The minimum absolute atomic E-state index is 0.520. The van der Waals surface area contributed by atoms with Gasteiger partial charge in [0.05, 0.1) is 18.2 Å². The van der Waals surface area contributed by atoms with E-state index in [-0.39, 0.29) is 0 Å². The Morgan fingerprint density at radius 3 is 3.17 bits per heavy atom. The molecular weight excluding hydrogens is 154 g/mol. The molecule has 1 aliphatic rings. The monoisotopic (exact) mass is 161 g/mol. The molecule has 0 radical (unpaired) electrons. The van der Waals surface area contributed by atoms with Crippen molar-refractivity contribution in [3.8, 4) is 11.8 Å². The SMILES string of the molecule is N#Cc1cccc2c1CCOO2. The second-order valence-electron chi connectivity index (χ2n) is 2.55. The van der Waals surface area contributed by atoms with Gasteiger partial charge in [-0.15, -0.1) is 0 Å². The van der Waals surface area contributed by atoms with Crippen LogP contribution in [0.1, 0.15) is 11.1 Å². The summed E-state index contributed by atoms with van der Waals surface area (Å²) in [4.78, 5) is 9.70. The van der Waals surface area contributed by atoms with Gasteiger partial charge >= 0.3 is 0 Å². The number of fused-ring (bicyclic) bond motifs is 1. The molecule has 0 atom stereocenters. The van der Waals surface area contributed by atoms with Crippen LogP contribution in [0.3, 0.4) is 0 Å². The van der Waals surface area contributed by atoms with Gasteiger partial charge in [0.1, 0.15) is 0 Å². The highest BCUT2D eigenvalue weighted by Crippen LogP contribution is 2.25. The molecule has 0 fully saturated rings. The number of hydrogen-bond acceptors (Lipinski definition) is 3. The molecule has 0 saturated heterocycles. The summed E-state index contributed by atoms with van der Waals surface area (Å²) < 4.78 is 0. The van der Waals surface area contributed by atoms with Crippen LogP contribution in [0.4, 0.5) is 0 Å². The number of benzene rings is 1. The third-order valence-corrected chi connectivity index (χ3v) is 1.84. The first-order valence-corrected chi connectivity index (χ1v) is 3.73. The van der Waals surface area contributed by atoms with E-state index in [2.05, 4.69) is 6.07 Å². The fourth-order valence-corrected chi connectivity index (χ4v) is 1.26. The standard InChI is InChI=1S/C9H7NO2/c10-6-7-2-1-3-9-8(7)4-5-11-12-9/h1-3H,4-5H2. The van der Waals surface area contributed by atoms with E-state index in [1.54, 1.807) is 18.2 Å². The summed E-state index contributed by atoms with van der Waals surface area (Å²) in [5.74, 6) is 0.667. The van der Waals surface area contributed by atoms with Crippen LogP contribution >= 0.6 is 0 Å². The Hall–Kier alpha value is -1.53. The van der Waals surface area contributed by atoms with Gasteiger partial charge in [-0.2, -0.15) is 10.1 Å². The minimum atomic E-state index is 0.520. The van der Waals surface area contributed by atoms with Gasteiger partial charge in [-0.1, -0.05) is 6.07 Å². The van der Waals surface area contributed by atoms with Gasteiger partial charge in [-0.25, -0.2) is 0 Å². The van der Waals surface area contributed by atoms with E-state index in [1.807, 2.05) is 0 Å². The zero-order valence-electron chi connectivity index (χ0n) is 6.41. The van der Waals surface area contributed by atoms with Crippen molar-refractivity contribution in [2.24, 2.45) is 0 Å². The predicted molar refractivity (Wildman–Crippen MR) is 41.4 cm³/mol. The normalized spacial score (nSPS) is 14.2. The molecule has 3 heteroatoms. The van der Waals surface area contributed by atoms with Crippen molar-refractivity contribution in [1.29, 1.82) is 5.26 Å². The van der Waals surface area contributed by atoms with Crippen molar-refractivity contribution < 1.29 is 9.78 Å². The molecule has 0 spiro atoms. The maximum Gasteiger partial charge on any atom is 0.169 e. The number of nitrogens with zero attached hydrogens (tertiary/aromatic N) is 1. The summed E-state index contributed by atoms with van der Waals surface area (Å²) in [5.41, 5.74) is 1.63. The van der Waals surface area contributed by atoms with E-state index in [0.717, 1.165) is 12.0 Å². The minimum Gasteiger partial charge on any atom is -0.337 e. The quantitative estimate of drug-likeness (QED) is 0.540. The van der Waals surface area contributed by atoms with E-state index < -0.39 is 0 Å². The Bertz CT molecular complexity index is 341. The maximum atomic E-state index is 8.75. The highest BCUT2D eigenvalue weighted by atomic mass is 17.2. The summed E-state index contributed by atoms with van der Waals surface area (Å²) in [5, 5.41) is 8.75. The predicted octanol–water partition coefficient (Wildman–Crippen LogP) is 1.42. The Balaban J connectivity index is 2.53. The van der Waals surface area contributed by atoms with E-state index in [0.29, 0.717) is 17.9 Å². The molecule has 1 heterocycles. The van der Waals surface area contributed by atoms with Gasteiger partial charge in [0.2, 0.25) is 0 Å². The molecule has 1 aromatic carbocycles. The number of hydrogen-bond donors (Lipinski definition) is 0. The largest absolute Gasteiger partial charge is 0.337 e. The Morgan fingerprint density at radius 1 is 1.42 bits per heavy atom. The molecule has 0 N–H and O–H groups in total. The lowest BCUT2D eigenvalue weighted by Crippen LogP contribution is -2.11. The highest BCUT2D eigenvalue weighted by molar-refractivity contribution is 5.46. The lowest BCUT2D eigenvalue weighted by atomic mass is 10.0. The second-order valence-corrected chi connectivity index (χ2v) is 2.55.